The maximum absolute atomic E-state index is 11.8. The molecule has 0 spiro atoms. The molecule has 1 aromatic rings. The molecule has 1 aromatic carbocycles. The lowest BCUT2D eigenvalue weighted by Crippen LogP contribution is -2.43. The molecule has 0 radical (unpaired) electrons. The zero-order valence-corrected chi connectivity index (χ0v) is 14.8. The fraction of sp³-hybridized carbons (Fsp3) is 0.533. The molecule has 1 amide bonds. The van der Waals surface area contributed by atoms with Crippen molar-refractivity contribution in [1.82, 2.24) is 10.2 Å². The summed E-state index contributed by atoms with van der Waals surface area (Å²) in [7, 11) is 4.08. The van der Waals surface area contributed by atoms with Crippen molar-refractivity contribution < 1.29 is 4.79 Å². The Balaban J connectivity index is 0. The molecule has 0 saturated heterocycles. The largest absolute Gasteiger partial charge is 0.351 e. The second-order valence-corrected chi connectivity index (χ2v) is 5.55. The van der Waals surface area contributed by atoms with E-state index in [-0.39, 0.29) is 36.6 Å². The van der Waals surface area contributed by atoms with E-state index in [0.29, 0.717) is 6.54 Å². The van der Waals surface area contributed by atoms with Crippen LogP contribution >= 0.6 is 24.8 Å². The van der Waals surface area contributed by atoms with Gasteiger partial charge in [-0.15, -0.1) is 24.8 Å². The molecular weight excluding hydrogens is 309 g/mol. The van der Waals surface area contributed by atoms with Crippen LogP contribution in [-0.2, 0) is 17.9 Å². The highest BCUT2D eigenvalue weighted by molar-refractivity contribution is 5.85. The van der Waals surface area contributed by atoms with E-state index in [1.165, 1.54) is 5.56 Å². The molecule has 21 heavy (non-hydrogen) atoms. The Morgan fingerprint density at radius 3 is 2.33 bits per heavy atom. The van der Waals surface area contributed by atoms with Gasteiger partial charge in [0, 0.05) is 13.1 Å². The SMILES string of the molecule is CC(C)[C@H](N)C(=O)NCc1cccc(CN(C)C)c1.Cl.Cl. The number of carbonyl (C=O) groups excluding carboxylic acids is 1. The summed E-state index contributed by atoms with van der Waals surface area (Å²) in [6, 6.07) is 7.79. The maximum atomic E-state index is 11.8. The predicted molar refractivity (Wildman–Crippen MR) is 93.0 cm³/mol. The van der Waals surface area contributed by atoms with Gasteiger partial charge in [-0.3, -0.25) is 4.79 Å². The second-order valence-electron chi connectivity index (χ2n) is 5.55. The first kappa shape index (κ1) is 22.5. The third kappa shape index (κ3) is 8.27. The summed E-state index contributed by atoms with van der Waals surface area (Å²) in [4.78, 5) is 13.9. The van der Waals surface area contributed by atoms with Crippen LogP contribution in [0.5, 0.6) is 0 Å². The molecule has 0 heterocycles. The van der Waals surface area contributed by atoms with Gasteiger partial charge >= 0.3 is 0 Å². The molecule has 3 N–H and O–H groups in total. The van der Waals surface area contributed by atoms with E-state index in [9.17, 15) is 4.79 Å². The Morgan fingerprint density at radius 1 is 1.24 bits per heavy atom. The molecule has 0 aromatic heterocycles. The van der Waals surface area contributed by atoms with Crippen LogP contribution in [0.1, 0.15) is 25.0 Å². The molecule has 0 unspecified atom stereocenters. The zero-order chi connectivity index (χ0) is 14.4. The monoisotopic (exact) mass is 335 g/mol. The van der Waals surface area contributed by atoms with Gasteiger partial charge in [0.05, 0.1) is 6.04 Å². The molecule has 0 aliphatic heterocycles. The van der Waals surface area contributed by atoms with Crippen molar-refractivity contribution in [2.75, 3.05) is 14.1 Å². The highest BCUT2D eigenvalue weighted by atomic mass is 35.5. The van der Waals surface area contributed by atoms with Gasteiger partial charge in [0.2, 0.25) is 5.91 Å². The number of carbonyl (C=O) groups is 1. The smallest absolute Gasteiger partial charge is 0.237 e. The second kappa shape index (κ2) is 10.9. The molecule has 0 aliphatic rings. The van der Waals surface area contributed by atoms with Crippen LogP contribution in [0.25, 0.3) is 0 Å². The number of nitrogens with two attached hydrogens (primary N) is 1. The summed E-state index contributed by atoms with van der Waals surface area (Å²) < 4.78 is 0. The normalized spacial score (nSPS) is 11.6. The quantitative estimate of drug-likeness (QED) is 0.837. The highest BCUT2D eigenvalue weighted by Gasteiger charge is 2.16. The van der Waals surface area contributed by atoms with Crippen LogP contribution < -0.4 is 11.1 Å². The number of hydrogen-bond acceptors (Lipinski definition) is 3. The Kier molecular flexibility index (Phi) is 11.6. The van der Waals surface area contributed by atoms with Gasteiger partial charge in [0.1, 0.15) is 0 Å². The molecule has 1 rings (SSSR count). The van der Waals surface area contributed by atoms with Crippen LogP contribution in [0.2, 0.25) is 0 Å². The molecule has 0 bridgehead atoms. The zero-order valence-electron chi connectivity index (χ0n) is 13.1. The Labute approximate surface area is 140 Å². The van der Waals surface area contributed by atoms with E-state index >= 15 is 0 Å². The first-order valence-electron chi connectivity index (χ1n) is 6.66. The fourth-order valence-corrected chi connectivity index (χ4v) is 1.81. The van der Waals surface area contributed by atoms with Crippen LogP contribution in [0, 0.1) is 5.92 Å². The summed E-state index contributed by atoms with van der Waals surface area (Å²) in [5.41, 5.74) is 8.14. The first-order chi connectivity index (χ1) is 8.90. The molecule has 0 fully saturated rings. The average Bonchev–Trinajstić information content (AvgIpc) is 2.34. The molecular formula is C15H27Cl2N3O. The first-order valence-corrected chi connectivity index (χ1v) is 6.66. The molecule has 6 heteroatoms. The van der Waals surface area contributed by atoms with E-state index < -0.39 is 6.04 Å². The summed E-state index contributed by atoms with van der Waals surface area (Å²) in [5, 5.41) is 2.88. The minimum absolute atomic E-state index is 0. The number of nitrogens with one attached hydrogen (secondary N) is 1. The van der Waals surface area contributed by atoms with Crippen molar-refractivity contribution in [3.8, 4) is 0 Å². The molecule has 122 valence electrons. The number of rotatable bonds is 6. The van der Waals surface area contributed by atoms with Crippen molar-refractivity contribution in [3.05, 3.63) is 35.4 Å². The van der Waals surface area contributed by atoms with E-state index in [4.69, 9.17) is 5.73 Å². The van der Waals surface area contributed by atoms with Gasteiger partial charge < -0.3 is 16.0 Å². The van der Waals surface area contributed by atoms with Crippen molar-refractivity contribution in [1.29, 1.82) is 0 Å². The number of hydrogen-bond donors (Lipinski definition) is 2. The average molecular weight is 336 g/mol. The van der Waals surface area contributed by atoms with Crippen LogP contribution in [0.4, 0.5) is 0 Å². The van der Waals surface area contributed by atoms with Crippen LogP contribution in [0.15, 0.2) is 24.3 Å². The van der Waals surface area contributed by atoms with E-state index in [1.54, 1.807) is 0 Å². The summed E-state index contributed by atoms with van der Waals surface area (Å²) in [6.45, 7) is 5.32. The number of amides is 1. The lowest BCUT2D eigenvalue weighted by atomic mass is 10.0. The number of halogens is 2. The third-order valence-corrected chi connectivity index (χ3v) is 2.98. The molecule has 1 atom stereocenters. The van der Waals surface area contributed by atoms with Crippen molar-refractivity contribution in [3.63, 3.8) is 0 Å². The standard InChI is InChI=1S/C15H25N3O.2ClH/c1-11(2)14(16)15(19)17-9-12-6-5-7-13(8-12)10-18(3)4;;/h5-8,11,14H,9-10,16H2,1-4H3,(H,17,19);2*1H/t14-;;/m0../s1. The van der Waals surface area contributed by atoms with Crippen molar-refractivity contribution in [2.45, 2.75) is 33.0 Å². The van der Waals surface area contributed by atoms with Gasteiger partial charge in [-0.25, -0.2) is 0 Å². The van der Waals surface area contributed by atoms with Crippen molar-refractivity contribution >= 4 is 30.7 Å². The lowest BCUT2D eigenvalue weighted by molar-refractivity contribution is -0.123. The lowest BCUT2D eigenvalue weighted by Gasteiger charge is -2.16. The molecule has 0 saturated carbocycles. The van der Waals surface area contributed by atoms with Gasteiger partial charge in [0.25, 0.3) is 0 Å². The Hall–Kier alpha value is -0.810. The van der Waals surface area contributed by atoms with Gasteiger partial charge in [-0.2, -0.15) is 0 Å². The number of benzene rings is 1. The third-order valence-electron chi connectivity index (χ3n) is 2.98. The fourth-order valence-electron chi connectivity index (χ4n) is 1.81. The van der Waals surface area contributed by atoms with E-state index in [1.807, 2.05) is 40.1 Å². The summed E-state index contributed by atoms with van der Waals surface area (Å²) in [6.07, 6.45) is 0. The highest BCUT2D eigenvalue weighted by Crippen LogP contribution is 2.07. The Morgan fingerprint density at radius 2 is 1.81 bits per heavy atom. The van der Waals surface area contributed by atoms with Crippen LogP contribution in [0.3, 0.4) is 0 Å². The summed E-state index contributed by atoms with van der Waals surface area (Å²) >= 11 is 0. The topological polar surface area (TPSA) is 58.4 Å². The number of nitrogens with zero attached hydrogens (tertiary/aromatic N) is 1. The van der Waals surface area contributed by atoms with E-state index in [2.05, 4.69) is 22.3 Å². The van der Waals surface area contributed by atoms with Crippen LogP contribution in [-0.4, -0.2) is 30.9 Å². The minimum atomic E-state index is -0.440. The van der Waals surface area contributed by atoms with Crippen molar-refractivity contribution in [2.24, 2.45) is 11.7 Å². The maximum Gasteiger partial charge on any atom is 0.237 e. The van der Waals surface area contributed by atoms with Gasteiger partial charge in [-0.1, -0.05) is 38.1 Å². The van der Waals surface area contributed by atoms with E-state index in [0.717, 1.165) is 12.1 Å². The van der Waals surface area contributed by atoms with Gasteiger partial charge in [-0.05, 0) is 31.1 Å². The van der Waals surface area contributed by atoms with Gasteiger partial charge in [0.15, 0.2) is 0 Å². The Bertz CT molecular complexity index is 425. The molecule has 4 nitrogen and oxygen atoms in total. The minimum Gasteiger partial charge on any atom is -0.351 e. The summed E-state index contributed by atoms with van der Waals surface area (Å²) in [5.74, 6) is 0.0630. The molecule has 0 aliphatic carbocycles. The predicted octanol–water partition coefficient (Wildman–Crippen LogP) is 2.19.